The van der Waals surface area contributed by atoms with Crippen molar-refractivity contribution >= 4 is 10.8 Å². The molecule has 0 aromatic heterocycles. The second kappa shape index (κ2) is 10.7. The van der Waals surface area contributed by atoms with Crippen molar-refractivity contribution < 1.29 is 0 Å². The summed E-state index contributed by atoms with van der Waals surface area (Å²) in [5.74, 6) is 0.342. The van der Waals surface area contributed by atoms with Crippen LogP contribution in [0.5, 0.6) is 0 Å². The Morgan fingerprint density at radius 3 is 1.71 bits per heavy atom. The number of rotatable bonds is 2. The smallest absolute Gasteiger partial charge is 0.0619 e. The lowest BCUT2D eigenvalue weighted by molar-refractivity contribution is 0.702. The lowest BCUT2D eigenvalue weighted by Crippen LogP contribution is -2.35. The van der Waals surface area contributed by atoms with Crippen molar-refractivity contribution in [3.63, 3.8) is 0 Å². The third-order valence-electron chi connectivity index (χ3n) is 13.5. The van der Waals surface area contributed by atoms with Gasteiger partial charge in [-0.05, 0) is 117 Å². The molecule has 9 aromatic carbocycles. The standard InChI is InChI=1S/C55H34/c1-2-15-36-33(13-1)14-11-22-37(36)34-27-29-40-45-23-12-26-50-54(45)53(47(40)31-34)46-21-8-10-25-49(46)55(50)48-24-9-7-18-41(48)42-30-28-35(32-51(42)55)52-43-19-5-3-16-38(43)39-17-4-6-20-44(39)52/h1-32,52-53H. The average molecular weight is 695 g/mol. The molecule has 2 atom stereocenters. The lowest BCUT2D eigenvalue weighted by atomic mass is 9.59. The Labute approximate surface area is 321 Å². The van der Waals surface area contributed by atoms with Gasteiger partial charge in [-0.2, -0.15) is 0 Å². The van der Waals surface area contributed by atoms with Crippen LogP contribution in [-0.2, 0) is 5.41 Å². The summed E-state index contributed by atoms with van der Waals surface area (Å²) in [7, 11) is 0. The van der Waals surface area contributed by atoms with Crippen LogP contribution in [0.25, 0.3) is 55.3 Å². The number of hydrogen-bond donors (Lipinski definition) is 0. The first-order valence-corrected chi connectivity index (χ1v) is 19.6. The molecule has 9 aromatic rings. The van der Waals surface area contributed by atoms with Gasteiger partial charge in [-0.1, -0.05) is 188 Å². The summed E-state index contributed by atoms with van der Waals surface area (Å²) in [6, 6.07) is 74.0. The van der Waals surface area contributed by atoms with Gasteiger partial charge < -0.3 is 0 Å². The van der Waals surface area contributed by atoms with Crippen LogP contribution in [0, 0.1) is 0 Å². The SMILES string of the molecule is c1ccc2c(c1)-c1ccccc1C2c1ccc2c(c1)C1(c3ccccc3-2)c2ccccc2C2c3cc(-c4cccc5ccccc45)ccc3-c3cccc1c32. The molecule has 0 fully saturated rings. The molecule has 13 rings (SSSR count). The van der Waals surface area contributed by atoms with Crippen LogP contribution in [0.4, 0.5) is 0 Å². The summed E-state index contributed by atoms with van der Waals surface area (Å²) in [5.41, 5.74) is 24.3. The van der Waals surface area contributed by atoms with E-state index in [-0.39, 0.29) is 11.8 Å². The predicted octanol–water partition coefficient (Wildman–Crippen LogP) is 13.5. The van der Waals surface area contributed by atoms with Crippen molar-refractivity contribution in [1.29, 1.82) is 0 Å². The van der Waals surface area contributed by atoms with Crippen LogP contribution < -0.4 is 0 Å². The summed E-state index contributed by atoms with van der Waals surface area (Å²) in [4.78, 5) is 0. The monoisotopic (exact) mass is 694 g/mol. The molecule has 0 saturated carbocycles. The van der Waals surface area contributed by atoms with Crippen molar-refractivity contribution in [3.05, 3.63) is 250 Å². The Hall–Kier alpha value is -6.76. The molecule has 4 aliphatic rings. The number of hydrogen-bond acceptors (Lipinski definition) is 0. The first-order valence-electron chi connectivity index (χ1n) is 19.6. The van der Waals surface area contributed by atoms with Gasteiger partial charge in [0, 0.05) is 11.8 Å². The van der Waals surface area contributed by atoms with Gasteiger partial charge in [0.1, 0.15) is 0 Å². The zero-order valence-electron chi connectivity index (χ0n) is 30.1. The highest BCUT2D eigenvalue weighted by Crippen LogP contribution is 2.65. The first-order chi connectivity index (χ1) is 27.3. The van der Waals surface area contributed by atoms with Crippen molar-refractivity contribution in [3.8, 4) is 44.5 Å². The molecule has 0 saturated heterocycles. The first kappa shape index (κ1) is 29.7. The third-order valence-corrected chi connectivity index (χ3v) is 13.5. The maximum atomic E-state index is 2.59. The Balaban J connectivity index is 1.08. The van der Waals surface area contributed by atoms with E-state index < -0.39 is 5.41 Å². The van der Waals surface area contributed by atoms with Crippen LogP contribution in [0.1, 0.15) is 67.5 Å². The van der Waals surface area contributed by atoms with Gasteiger partial charge in [-0.25, -0.2) is 0 Å². The van der Waals surface area contributed by atoms with Crippen molar-refractivity contribution in [2.75, 3.05) is 0 Å². The van der Waals surface area contributed by atoms with Crippen LogP contribution in [0.2, 0.25) is 0 Å². The van der Waals surface area contributed by atoms with Gasteiger partial charge in [0.25, 0.3) is 0 Å². The maximum absolute atomic E-state index is 2.59. The molecule has 254 valence electrons. The molecule has 0 heterocycles. The minimum Gasteiger partial charge on any atom is -0.0619 e. The molecule has 0 amide bonds. The summed E-state index contributed by atoms with van der Waals surface area (Å²) in [5, 5.41) is 2.57. The Bertz CT molecular complexity index is 3070. The van der Waals surface area contributed by atoms with E-state index in [9.17, 15) is 0 Å². The third kappa shape index (κ3) is 3.67. The van der Waals surface area contributed by atoms with E-state index >= 15 is 0 Å². The summed E-state index contributed by atoms with van der Waals surface area (Å²) in [6.07, 6.45) is 0. The van der Waals surface area contributed by atoms with Crippen molar-refractivity contribution in [1.82, 2.24) is 0 Å². The average Bonchev–Trinajstić information content (AvgIpc) is 3.87. The van der Waals surface area contributed by atoms with Gasteiger partial charge in [-0.3, -0.25) is 0 Å². The highest BCUT2D eigenvalue weighted by Gasteiger charge is 2.54. The largest absolute Gasteiger partial charge is 0.0719 e. The Morgan fingerprint density at radius 2 is 0.873 bits per heavy atom. The van der Waals surface area contributed by atoms with Crippen molar-refractivity contribution in [2.45, 2.75) is 17.3 Å². The quantitative estimate of drug-likeness (QED) is 0.169. The van der Waals surface area contributed by atoms with Gasteiger partial charge in [-0.15, -0.1) is 0 Å². The molecule has 1 spiro atoms. The van der Waals surface area contributed by atoms with E-state index in [0.29, 0.717) is 0 Å². The van der Waals surface area contributed by atoms with E-state index in [2.05, 4.69) is 194 Å². The van der Waals surface area contributed by atoms with E-state index in [4.69, 9.17) is 0 Å². The Morgan fingerprint density at radius 1 is 0.309 bits per heavy atom. The van der Waals surface area contributed by atoms with Crippen LogP contribution >= 0.6 is 0 Å². The number of benzene rings is 9. The maximum Gasteiger partial charge on any atom is 0.0719 e. The molecule has 0 heteroatoms. The topological polar surface area (TPSA) is 0 Å². The fraction of sp³-hybridized carbons (Fsp3) is 0.0545. The predicted molar refractivity (Wildman–Crippen MR) is 226 cm³/mol. The molecule has 0 nitrogen and oxygen atoms in total. The van der Waals surface area contributed by atoms with Crippen molar-refractivity contribution in [2.24, 2.45) is 0 Å². The minimum atomic E-state index is -0.446. The summed E-state index contributed by atoms with van der Waals surface area (Å²) in [6.45, 7) is 0. The second-order valence-electron chi connectivity index (χ2n) is 15.8. The molecule has 2 unspecified atom stereocenters. The van der Waals surface area contributed by atoms with E-state index in [1.165, 1.54) is 111 Å². The fourth-order valence-corrected chi connectivity index (χ4v) is 11.4. The molecular formula is C55H34. The highest BCUT2D eigenvalue weighted by atomic mass is 14.5. The van der Waals surface area contributed by atoms with Crippen LogP contribution in [0.3, 0.4) is 0 Å². The van der Waals surface area contributed by atoms with Gasteiger partial charge in [0.05, 0.1) is 5.41 Å². The zero-order valence-corrected chi connectivity index (χ0v) is 30.1. The van der Waals surface area contributed by atoms with Crippen LogP contribution in [0.15, 0.2) is 194 Å². The van der Waals surface area contributed by atoms with Gasteiger partial charge in [0.2, 0.25) is 0 Å². The summed E-state index contributed by atoms with van der Waals surface area (Å²) >= 11 is 0. The van der Waals surface area contributed by atoms with E-state index in [0.717, 1.165) is 0 Å². The zero-order chi connectivity index (χ0) is 35.8. The molecule has 0 bridgehead atoms. The normalized spacial score (nSPS) is 17.6. The molecule has 4 aliphatic carbocycles. The van der Waals surface area contributed by atoms with E-state index in [1.54, 1.807) is 0 Å². The molecule has 0 radical (unpaired) electrons. The molecule has 0 aliphatic heterocycles. The summed E-state index contributed by atoms with van der Waals surface area (Å²) < 4.78 is 0. The van der Waals surface area contributed by atoms with Gasteiger partial charge >= 0.3 is 0 Å². The van der Waals surface area contributed by atoms with Crippen LogP contribution in [-0.4, -0.2) is 0 Å². The number of fused-ring (bicyclic) bond motifs is 16. The molecule has 0 N–H and O–H groups in total. The van der Waals surface area contributed by atoms with E-state index in [1.807, 2.05) is 0 Å². The minimum absolute atomic E-state index is 0.158. The Kier molecular flexibility index (Phi) is 5.76. The molecular weight excluding hydrogens is 661 g/mol. The molecule has 55 heavy (non-hydrogen) atoms. The highest BCUT2D eigenvalue weighted by molar-refractivity contribution is 5.99. The fourth-order valence-electron chi connectivity index (χ4n) is 11.4. The van der Waals surface area contributed by atoms with Gasteiger partial charge in [0.15, 0.2) is 0 Å². The second-order valence-corrected chi connectivity index (χ2v) is 15.8. The lowest BCUT2D eigenvalue weighted by Gasteiger charge is -2.42.